The van der Waals surface area contributed by atoms with Crippen LogP contribution in [0.5, 0.6) is 0 Å². The number of hydrogen-bond donors (Lipinski definition) is 2. The third kappa shape index (κ3) is 4.41. The van der Waals surface area contributed by atoms with Gasteiger partial charge in [-0.05, 0) is 12.0 Å². The van der Waals surface area contributed by atoms with Gasteiger partial charge in [0.05, 0.1) is 6.33 Å². The number of nitrogens with zero attached hydrogens (tertiary/aromatic N) is 4. The zero-order valence-electron chi connectivity index (χ0n) is 12.1. The number of H-pyrrole nitrogens is 1. The van der Waals surface area contributed by atoms with Crippen molar-refractivity contribution in [2.75, 3.05) is 20.6 Å². The third-order valence-electron chi connectivity index (χ3n) is 2.71. The van der Waals surface area contributed by atoms with Crippen LogP contribution in [0.25, 0.3) is 0 Å². The summed E-state index contributed by atoms with van der Waals surface area (Å²) in [6, 6.07) is 9.98. The number of rotatable bonds is 6. The second kappa shape index (κ2) is 7.18. The fourth-order valence-corrected chi connectivity index (χ4v) is 1.72. The van der Waals surface area contributed by atoms with Crippen LogP contribution in [0.3, 0.4) is 0 Å². The van der Waals surface area contributed by atoms with E-state index in [0.29, 0.717) is 12.2 Å². The topological polar surface area (TPSA) is 85.7 Å². The highest BCUT2D eigenvalue weighted by Gasteiger charge is 2.13. The summed E-state index contributed by atoms with van der Waals surface area (Å²) in [5.41, 5.74) is 1.49. The van der Waals surface area contributed by atoms with Crippen molar-refractivity contribution >= 4 is 11.7 Å². The van der Waals surface area contributed by atoms with Gasteiger partial charge in [0.25, 0.3) is 5.91 Å². The molecule has 0 aliphatic heterocycles. The molecule has 7 heteroatoms. The maximum atomic E-state index is 12.1. The fraction of sp³-hybridized carbons (Fsp3) is 0.286. The van der Waals surface area contributed by atoms with Gasteiger partial charge in [-0.2, -0.15) is 0 Å². The summed E-state index contributed by atoms with van der Waals surface area (Å²) in [5.74, 6) is 0.0389. The molecule has 1 aromatic carbocycles. The van der Waals surface area contributed by atoms with Crippen LogP contribution < -0.4 is 5.32 Å². The lowest BCUT2D eigenvalue weighted by atomic mass is 10.1. The van der Waals surface area contributed by atoms with Gasteiger partial charge >= 0.3 is 0 Å². The molecular formula is C14H18N6O. The lowest BCUT2D eigenvalue weighted by Gasteiger charge is -2.04. The van der Waals surface area contributed by atoms with Gasteiger partial charge in [0.15, 0.2) is 5.69 Å². The van der Waals surface area contributed by atoms with E-state index in [1.165, 1.54) is 16.9 Å². The number of nitrogens with one attached hydrogen (secondary N) is 2. The van der Waals surface area contributed by atoms with Gasteiger partial charge in [-0.25, -0.2) is 4.98 Å². The van der Waals surface area contributed by atoms with E-state index >= 15 is 0 Å². The largest absolute Gasteiger partial charge is 0.350 e. The number of imidazole rings is 1. The number of aromatic nitrogens is 2. The van der Waals surface area contributed by atoms with Crippen molar-refractivity contribution < 1.29 is 4.79 Å². The van der Waals surface area contributed by atoms with E-state index in [0.717, 1.165) is 6.42 Å². The molecule has 0 aliphatic rings. The highest BCUT2D eigenvalue weighted by molar-refractivity contribution is 5.96. The summed E-state index contributed by atoms with van der Waals surface area (Å²) in [6.07, 6.45) is 2.20. The Kier molecular flexibility index (Phi) is 5.03. The highest BCUT2D eigenvalue weighted by atomic mass is 16.1. The fourth-order valence-electron chi connectivity index (χ4n) is 1.72. The number of amides is 1. The summed E-state index contributed by atoms with van der Waals surface area (Å²) in [7, 11) is 3.49. The first-order valence-electron chi connectivity index (χ1n) is 6.61. The molecule has 0 fully saturated rings. The maximum absolute atomic E-state index is 12.1. The van der Waals surface area contributed by atoms with Crippen LogP contribution in [0.15, 0.2) is 47.0 Å². The van der Waals surface area contributed by atoms with Crippen LogP contribution in [-0.2, 0) is 6.42 Å². The summed E-state index contributed by atoms with van der Waals surface area (Å²) < 4.78 is 0. The van der Waals surface area contributed by atoms with Gasteiger partial charge in [-0.1, -0.05) is 35.6 Å². The second-order valence-corrected chi connectivity index (χ2v) is 4.63. The number of carbonyl (C=O) groups is 1. The number of aromatic amines is 1. The minimum atomic E-state index is -0.240. The summed E-state index contributed by atoms with van der Waals surface area (Å²) >= 11 is 0. The normalized spacial score (nSPS) is 10.8. The Morgan fingerprint density at radius 2 is 2.10 bits per heavy atom. The van der Waals surface area contributed by atoms with Gasteiger partial charge in [-0.15, -0.1) is 5.11 Å². The van der Waals surface area contributed by atoms with Gasteiger partial charge in [0, 0.05) is 20.6 Å². The molecule has 2 aromatic rings. The van der Waals surface area contributed by atoms with E-state index < -0.39 is 0 Å². The summed E-state index contributed by atoms with van der Waals surface area (Å²) in [4.78, 5) is 18.8. The molecule has 0 unspecified atom stereocenters. The van der Waals surface area contributed by atoms with Crippen LogP contribution in [0.1, 0.15) is 16.1 Å². The second-order valence-electron chi connectivity index (χ2n) is 4.63. The monoisotopic (exact) mass is 286 g/mol. The minimum absolute atomic E-state index is 0.240. The molecule has 21 heavy (non-hydrogen) atoms. The average molecular weight is 286 g/mol. The first-order chi connectivity index (χ1) is 10.2. The van der Waals surface area contributed by atoms with Crippen LogP contribution >= 0.6 is 0 Å². The number of benzene rings is 1. The van der Waals surface area contributed by atoms with E-state index in [9.17, 15) is 4.79 Å². The SMILES string of the molecule is CN(C)/N=N/c1nc[nH]c1C(=O)NCCc1ccccc1. The van der Waals surface area contributed by atoms with Crippen LogP contribution in [0, 0.1) is 0 Å². The highest BCUT2D eigenvalue weighted by Crippen LogP contribution is 2.13. The molecule has 1 aromatic heterocycles. The van der Waals surface area contributed by atoms with E-state index in [1.54, 1.807) is 14.1 Å². The van der Waals surface area contributed by atoms with E-state index in [4.69, 9.17) is 0 Å². The van der Waals surface area contributed by atoms with Gasteiger partial charge in [0.2, 0.25) is 5.82 Å². The molecule has 1 heterocycles. The lowest BCUT2D eigenvalue weighted by molar-refractivity contribution is 0.0950. The first-order valence-corrected chi connectivity index (χ1v) is 6.61. The maximum Gasteiger partial charge on any atom is 0.271 e. The smallest absolute Gasteiger partial charge is 0.271 e. The van der Waals surface area contributed by atoms with Gasteiger partial charge < -0.3 is 10.3 Å². The van der Waals surface area contributed by atoms with Gasteiger partial charge in [0.1, 0.15) is 0 Å². The van der Waals surface area contributed by atoms with Crippen molar-refractivity contribution in [3.63, 3.8) is 0 Å². The molecule has 0 radical (unpaired) electrons. The molecular weight excluding hydrogens is 268 g/mol. The Hall–Kier alpha value is -2.70. The Labute approximate surface area is 123 Å². The Morgan fingerprint density at radius 1 is 1.33 bits per heavy atom. The zero-order valence-corrected chi connectivity index (χ0v) is 12.1. The predicted molar refractivity (Wildman–Crippen MR) is 79.3 cm³/mol. The molecule has 0 bridgehead atoms. The van der Waals surface area contributed by atoms with Crippen molar-refractivity contribution in [2.45, 2.75) is 6.42 Å². The van der Waals surface area contributed by atoms with Crippen molar-refractivity contribution in [1.82, 2.24) is 20.3 Å². The predicted octanol–water partition coefficient (Wildman–Crippen LogP) is 1.94. The first kappa shape index (κ1) is 14.7. The zero-order chi connectivity index (χ0) is 15.1. The number of carbonyl (C=O) groups excluding carboxylic acids is 1. The molecule has 1 amide bonds. The molecule has 110 valence electrons. The molecule has 0 spiro atoms. The minimum Gasteiger partial charge on any atom is -0.350 e. The van der Waals surface area contributed by atoms with E-state index in [2.05, 4.69) is 25.6 Å². The molecule has 0 aliphatic carbocycles. The van der Waals surface area contributed by atoms with Crippen LogP contribution in [0.2, 0.25) is 0 Å². The van der Waals surface area contributed by atoms with Crippen molar-refractivity contribution in [2.24, 2.45) is 10.3 Å². The Balaban J connectivity index is 1.90. The molecule has 7 nitrogen and oxygen atoms in total. The quantitative estimate of drug-likeness (QED) is 0.628. The van der Waals surface area contributed by atoms with E-state index in [1.807, 2.05) is 30.3 Å². The third-order valence-corrected chi connectivity index (χ3v) is 2.71. The standard InChI is InChI=1S/C14H18N6O/c1-20(2)19-18-13-12(16-10-17-13)14(21)15-9-8-11-6-4-3-5-7-11/h3-7,10H,8-9H2,1-2H3,(H,15,21)(H,16,17)/b19-18+. The lowest BCUT2D eigenvalue weighted by Crippen LogP contribution is -2.26. The van der Waals surface area contributed by atoms with Crippen molar-refractivity contribution in [3.8, 4) is 0 Å². The molecule has 2 rings (SSSR count). The summed E-state index contributed by atoms with van der Waals surface area (Å²) in [5, 5.41) is 12.1. The number of hydrogen-bond acceptors (Lipinski definition) is 4. The molecule has 0 atom stereocenters. The average Bonchev–Trinajstić information content (AvgIpc) is 2.94. The summed E-state index contributed by atoms with van der Waals surface area (Å²) in [6.45, 7) is 0.548. The van der Waals surface area contributed by atoms with Crippen LogP contribution in [-0.4, -0.2) is 41.5 Å². The van der Waals surface area contributed by atoms with Crippen molar-refractivity contribution in [3.05, 3.63) is 47.9 Å². The van der Waals surface area contributed by atoms with Gasteiger partial charge in [-0.3, -0.25) is 9.80 Å². The van der Waals surface area contributed by atoms with Crippen molar-refractivity contribution in [1.29, 1.82) is 0 Å². The van der Waals surface area contributed by atoms with E-state index in [-0.39, 0.29) is 11.7 Å². The Bertz CT molecular complexity index is 605. The molecule has 2 N–H and O–H groups in total. The Morgan fingerprint density at radius 3 is 2.81 bits per heavy atom. The molecule has 0 saturated carbocycles. The van der Waals surface area contributed by atoms with Crippen LogP contribution in [0.4, 0.5) is 5.82 Å². The molecule has 0 saturated heterocycles.